The molecule has 1 saturated carbocycles. The first-order valence-electron chi connectivity index (χ1n) is 6.88. The molecule has 2 aliphatic heterocycles. The van der Waals surface area contributed by atoms with Crippen LogP contribution in [0.5, 0.6) is 0 Å². The van der Waals surface area contributed by atoms with Crippen molar-refractivity contribution in [3.8, 4) is 18.2 Å². The number of hydrogen-bond acceptors (Lipinski definition) is 5. The topological polar surface area (TPSA) is 121 Å². The summed E-state index contributed by atoms with van der Waals surface area (Å²) in [7, 11) is 0. The van der Waals surface area contributed by atoms with Crippen LogP contribution >= 0.6 is 15.9 Å². The lowest BCUT2D eigenvalue weighted by atomic mass is 9.47. The molecule has 2 N–H and O–H groups in total. The molecule has 4 atom stereocenters. The van der Waals surface area contributed by atoms with E-state index in [2.05, 4.69) is 21.2 Å². The molecule has 1 aliphatic carbocycles. The van der Waals surface area contributed by atoms with E-state index in [-0.39, 0.29) is 6.42 Å². The molecule has 114 valence electrons. The van der Waals surface area contributed by atoms with Crippen molar-refractivity contribution >= 4 is 21.8 Å². The number of nitriles is 3. The van der Waals surface area contributed by atoms with E-state index < -0.39 is 33.2 Å². The van der Waals surface area contributed by atoms with Crippen LogP contribution in [0.15, 0.2) is 30.3 Å². The van der Waals surface area contributed by atoms with Crippen LogP contribution in [0, 0.1) is 44.8 Å². The Morgan fingerprint density at radius 3 is 2.30 bits per heavy atom. The average Bonchev–Trinajstić information content (AvgIpc) is 2.56. The van der Waals surface area contributed by atoms with Crippen molar-refractivity contribution in [2.75, 3.05) is 0 Å². The zero-order valence-electron chi connectivity index (χ0n) is 11.8. The Labute approximate surface area is 141 Å². The Morgan fingerprint density at radius 2 is 1.78 bits per heavy atom. The molecule has 2 saturated heterocycles. The molecule has 4 rings (SSSR count). The summed E-state index contributed by atoms with van der Waals surface area (Å²) in [6.07, 6.45) is -0.328. The summed E-state index contributed by atoms with van der Waals surface area (Å²) in [5.74, 6) is -1.62. The van der Waals surface area contributed by atoms with Gasteiger partial charge < -0.3 is 10.4 Å². The highest BCUT2D eigenvalue weighted by Crippen LogP contribution is 2.64. The van der Waals surface area contributed by atoms with E-state index in [1.165, 1.54) is 0 Å². The summed E-state index contributed by atoms with van der Waals surface area (Å²) in [6.45, 7) is 0. The number of aliphatic hydroxyl groups is 1. The summed E-state index contributed by atoms with van der Waals surface area (Å²) < 4.78 is 0. The second-order valence-electron chi connectivity index (χ2n) is 5.89. The van der Waals surface area contributed by atoms with Crippen LogP contribution in [0.4, 0.5) is 0 Å². The fraction of sp³-hybridized carbons (Fsp3) is 0.375. The maximum Gasteiger partial charge on any atom is 0.246 e. The minimum atomic E-state index is -1.93. The Hall–Kier alpha value is -2.40. The first-order chi connectivity index (χ1) is 10.9. The number of fused-ring (bicyclic) bond motifs is 3. The van der Waals surface area contributed by atoms with Crippen LogP contribution in [0.1, 0.15) is 17.9 Å². The summed E-state index contributed by atoms with van der Waals surface area (Å²) in [4.78, 5) is 12.0. The van der Waals surface area contributed by atoms with Gasteiger partial charge in [0.2, 0.25) is 5.91 Å². The van der Waals surface area contributed by atoms with Gasteiger partial charge in [-0.25, -0.2) is 0 Å². The van der Waals surface area contributed by atoms with E-state index in [0.717, 1.165) is 0 Å². The van der Waals surface area contributed by atoms with Crippen molar-refractivity contribution in [2.45, 2.75) is 22.9 Å². The number of nitrogens with zero attached hydrogens (tertiary/aromatic N) is 3. The molecule has 0 unspecified atom stereocenters. The number of alkyl halides is 1. The summed E-state index contributed by atoms with van der Waals surface area (Å²) in [5.41, 5.74) is -5.00. The standard InChI is InChI=1S/C16H11BrN4O2/c17-12-11(10-4-2-1-3-5-10)15(9-20)13(22)21-16(12,23)6-14(15,7-18)8-19/h1-5,11-12,23H,6H2,(H,21,22)/t11-,12+,15+,16-/m1/s1. The summed E-state index contributed by atoms with van der Waals surface area (Å²) in [6, 6.07) is 14.3. The molecule has 0 radical (unpaired) electrons. The number of amides is 1. The summed E-state index contributed by atoms with van der Waals surface area (Å²) >= 11 is 3.38. The van der Waals surface area contributed by atoms with Crippen molar-refractivity contribution in [2.24, 2.45) is 10.8 Å². The molecule has 2 bridgehead atoms. The molecular formula is C16H11BrN4O2. The molecule has 0 aromatic heterocycles. The third-order valence-corrected chi connectivity index (χ3v) is 6.11. The summed E-state index contributed by atoms with van der Waals surface area (Å²) in [5, 5.41) is 42.3. The van der Waals surface area contributed by atoms with E-state index >= 15 is 0 Å². The van der Waals surface area contributed by atoms with Crippen molar-refractivity contribution < 1.29 is 9.90 Å². The zero-order valence-corrected chi connectivity index (χ0v) is 13.4. The van der Waals surface area contributed by atoms with E-state index in [1.807, 2.05) is 18.2 Å². The van der Waals surface area contributed by atoms with Crippen molar-refractivity contribution in [3.63, 3.8) is 0 Å². The van der Waals surface area contributed by atoms with Crippen molar-refractivity contribution in [3.05, 3.63) is 35.9 Å². The van der Waals surface area contributed by atoms with Gasteiger partial charge in [-0.1, -0.05) is 46.3 Å². The molecule has 3 aliphatic rings. The van der Waals surface area contributed by atoms with Gasteiger partial charge in [0.15, 0.2) is 16.6 Å². The number of benzene rings is 1. The molecule has 7 heteroatoms. The third-order valence-electron chi connectivity index (χ3n) is 4.83. The quantitative estimate of drug-likeness (QED) is 0.721. The number of hydrogen-bond donors (Lipinski definition) is 2. The molecule has 3 fully saturated rings. The number of piperidine rings is 2. The van der Waals surface area contributed by atoms with Crippen LogP contribution < -0.4 is 5.32 Å². The zero-order chi connectivity index (χ0) is 16.9. The van der Waals surface area contributed by atoms with Crippen LogP contribution in [0.2, 0.25) is 0 Å². The predicted octanol–water partition coefficient (Wildman–Crippen LogP) is 1.30. The number of nitrogens with one attached hydrogen (secondary N) is 1. The van der Waals surface area contributed by atoms with Gasteiger partial charge in [0.05, 0.1) is 23.0 Å². The van der Waals surface area contributed by atoms with Gasteiger partial charge in [0.25, 0.3) is 0 Å². The molecule has 1 aromatic rings. The molecule has 1 aromatic carbocycles. The van der Waals surface area contributed by atoms with Gasteiger partial charge in [0.1, 0.15) is 0 Å². The number of halogens is 1. The van der Waals surface area contributed by atoms with Gasteiger partial charge >= 0.3 is 0 Å². The van der Waals surface area contributed by atoms with E-state index in [4.69, 9.17) is 0 Å². The Morgan fingerprint density at radius 1 is 1.17 bits per heavy atom. The second-order valence-corrected chi connectivity index (χ2v) is 6.88. The minimum Gasteiger partial charge on any atom is -0.370 e. The maximum atomic E-state index is 12.7. The lowest BCUT2D eigenvalue weighted by molar-refractivity contribution is -0.172. The molecule has 23 heavy (non-hydrogen) atoms. The molecule has 6 nitrogen and oxygen atoms in total. The average molecular weight is 371 g/mol. The van der Waals surface area contributed by atoms with E-state index in [1.54, 1.807) is 30.3 Å². The molecular weight excluding hydrogens is 360 g/mol. The SMILES string of the molecule is N#CC1(C#N)C[C@]2(O)NC(=O)[C@]1(C#N)[C@H](c1ccccc1)[C@@H]2Br. The lowest BCUT2D eigenvalue weighted by Gasteiger charge is -2.59. The predicted molar refractivity (Wildman–Crippen MR) is 81.3 cm³/mol. The first kappa shape index (κ1) is 15.5. The van der Waals surface area contributed by atoms with Gasteiger partial charge in [-0.05, 0) is 5.56 Å². The smallest absolute Gasteiger partial charge is 0.246 e. The monoisotopic (exact) mass is 370 g/mol. The Balaban J connectivity index is 2.36. The van der Waals surface area contributed by atoms with Gasteiger partial charge in [0, 0.05) is 12.3 Å². The first-order valence-corrected chi connectivity index (χ1v) is 7.80. The molecule has 0 spiro atoms. The van der Waals surface area contributed by atoms with Gasteiger partial charge in [-0.2, -0.15) is 15.8 Å². The highest BCUT2D eigenvalue weighted by molar-refractivity contribution is 9.09. The van der Waals surface area contributed by atoms with E-state index in [9.17, 15) is 25.7 Å². The van der Waals surface area contributed by atoms with Crippen LogP contribution in [0.25, 0.3) is 0 Å². The Kier molecular flexibility index (Phi) is 3.23. The van der Waals surface area contributed by atoms with Crippen molar-refractivity contribution in [1.29, 1.82) is 15.8 Å². The maximum absolute atomic E-state index is 12.7. The molecule has 1 amide bonds. The van der Waals surface area contributed by atoms with Crippen LogP contribution in [-0.2, 0) is 4.79 Å². The number of carbonyl (C=O) groups is 1. The third kappa shape index (κ3) is 1.65. The number of carbonyl (C=O) groups excluding carboxylic acids is 1. The van der Waals surface area contributed by atoms with Gasteiger partial charge in [-0.15, -0.1) is 0 Å². The van der Waals surface area contributed by atoms with Crippen LogP contribution in [-0.4, -0.2) is 21.6 Å². The fourth-order valence-corrected chi connectivity index (χ4v) is 4.70. The van der Waals surface area contributed by atoms with Crippen molar-refractivity contribution in [1.82, 2.24) is 5.32 Å². The van der Waals surface area contributed by atoms with Gasteiger partial charge in [-0.3, -0.25) is 4.79 Å². The fourth-order valence-electron chi connectivity index (χ4n) is 3.72. The highest BCUT2D eigenvalue weighted by atomic mass is 79.9. The molecule has 2 heterocycles. The lowest BCUT2D eigenvalue weighted by Crippen LogP contribution is -2.77. The van der Waals surface area contributed by atoms with E-state index in [0.29, 0.717) is 5.56 Å². The second kappa shape index (κ2) is 4.80. The largest absolute Gasteiger partial charge is 0.370 e. The minimum absolute atomic E-state index is 0.328. The highest BCUT2D eigenvalue weighted by Gasteiger charge is 2.77. The van der Waals surface area contributed by atoms with Crippen LogP contribution in [0.3, 0.4) is 0 Å². The number of rotatable bonds is 1. The Bertz CT molecular complexity index is 792. The normalized spacial score (nSPS) is 37.1.